The molecule has 0 radical (unpaired) electrons. The van der Waals surface area contributed by atoms with Crippen LogP contribution in [0.1, 0.15) is 58.3 Å². The second-order valence-electron chi connectivity index (χ2n) is 12.4. The van der Waals surface area contributed by atoms with Crippen LogP contribution in [0.2, 0.25) is 0 Å². The topological polar surface area (TPSA) is 135 Å². The van der Waals surface area contributed by atoms with Crippen molar-refractivity contribution >= 4 is 0 Å². The van der Waals surface area contributed by atoms with Gasteiger partial charge in [-0.3, -0.25) is 9.80 Å². The number of ether oxygens (including phenoxy) is 3. The minimum atomic E-state index is -1.25. The molecule has 38 heavy (non-hydrogen) atoms. The molecular formula is C28H52N2O8. The predicted molar refractivity (Wildman–Crippen MR) is 142 cm³/mol. The summed E-state index contributed by atoms with van der Waals surface area (Å²) in [6.07, 6.45) is 2.93. The van der Waals surface area contributed by atoms with Crippen molar-refractivity contribution in [1.82, 2.24) is 9.80 Å². The number of β-amino-alcohol motifs (C(OH)–C–C–N with tert-alkyl or cyclic N) is 1. The molecule has 4 fully saturated rings. The lowest BCUT2D eigenvalue weighted by Crippen LogP contribution is -2.65. The molecule has 0 aromatic heterocycles. The minimum Gasteiger partial charge on any atom is -0.389 e. The highest BCUT2D eigenvalue weighted by molar-refractivity contribution is 4.98. The van der Waals surface area contributed by atoms with Gasteiger partial charge < -0.3 is 39.7 Å². The Hall–Kier alpha value is -0.400. The number of methoxy groups -OCH3 is 2. The third kappa shape index (κ3) is 7.26. The molecule has 8 atom stereocenters. The van der Waals surface area contributed by atoms with Crippen molar-refractivity contribution in [2.45, 2.75) is 119 Å². The third-order valence-electron chi connectivity index (χ3n) is 9.97. The van der Waals surface area contributed by atoms with E-state index in [9.17, 15) is 25.5 Å². The number of likely N-dealkylation sites (tertiary alicyclic amines) is 2. The van der Waals surface area contributed by atoms with Gasteiger partial charge in [0, 0.05) is 46.4 Å². The van der Waals surface area contributed by atoms with Crippen LogP contribution in [0.25, 0.3) is 0 Å². The maximum absolute atomic E-state index is 10.9. The SMILES string of the molecule is COC1CCC(CN2C[C@H](OC[C@@H]3[C@@H](O)[C@H](O)[C@@H](O)CN3CC3CCC(OC)CC3)[C@@H](O)[C@H](O)[C@H]2C)CC1. The summed E-state index contributed by atoms with van der Waals surface area (Å²) in [5, 5.41) is 53.4. The molecule has 4 aliphatic rings. The Bertz CT molecular complexity index is 702. The van der Waals surface area contributed by atoms with Gasteiger partial charge in [0.25, 0.3) is 0 Å². The second kappa shape index (κ2) is 14.0. The largest absolute Gasteiger partial charge is 0.389 e. The fraction of sp³-hybridized carbons (Fsp3) is 1.00. The first-order valence-corrected chi connectivity index (χ1v) is 14.8. The fourth-order valence-corrected chi connectivity index (χ4v) is 7.17. The van der Waals surface area contributed by atoms with Gasteiger partial charge in [-0.25, -0.2) is 0 Å². The molecule has 2 saturated heterocycles. The Balaban J connectivity index is 1.36. The van der Waals surface area contributed by atoms with Crippen molar-refractivity contribution in [3.8, 4) is 0 Å². The van der Waals surface area contributed by atoms with Crippen molar-refractivity contribution in [3.05, 3.63) is 0 Å². The van der Waals surface area contributed by atoms with Crippen LogP contribution in [0.15, 0.2) is 0 Å². The minimum absolute atomic E-state index is 0.105. The van der Waals surface area contributed by atoms with Crippen LogP contribution in [0.3, 0.4) is 0 Å². The molecule has 10 heteroatoms. The van der Waals surface area contributed by atoms with Gasteiger partial charge in [-0.05, 0) is 70.1 Å². The molecule has 2 aliphatic carbocycles. The van der Waals surface area contributed by atoms with E-state index in [2.05, 4.69) is 4.90 Å². The van der Waals surface area contributed by atoms with Crippen molar-refractivity contribution in [1.29, 1.82) is 0 Å². The molecule has 2 aliphatic heterocycles. The van der Waals surface area contributed by atoms with E-state index in [4.69, 9.17) is 14.2 Å². The molecule has 0 amide bonds. The van der Waals surface area contributed by atoms with Crippen molar-refractivity contribution in [3.63, 3.8) is 0 Å². The van der Waals surface area contributed by atoms with E-state index in [1.807, 2.05) is 11.8 Å². The molecular weight excluding hydrogens is 492 g/mol. The van der Waals surface area contributed by atoms with Crippen LogP contribution in [0, 0.1) is 11.8 Å². The van der Waals surface area contributed by atoms with Gasteiger partial charge in [0.15, 0.2) is 0 Å². The second-order valence-corrected chi connectivity index (χ2v) is 12.4. The van der Waals surface area contributed by atoms with Crippen molar-refractivity contribution in [2.75, 3.05) is 47.0 Å². The third-order valence-corrected chi connectivity index (χ3v) is 9.97. The number of nitrogens with zero attached hydrogens (tertiary/aromatic N) is 2. The molecule has 5 N–H and O–H groups in total. The molecule has 4 rings (SSSR count). The highest BCUT2D eigenvalue weighted by atomic mass is 16.5. The van der Waals surface area contributed by atoms with Crippen LogP contribution in [-0.2, 0) is 14.2 Å². The van der Waals surface area contributed by atoms with E-state index in [0.29, 0.717) is 37.1 Å². The zero-order chi connectivity index (χ0) is 27.4. The Morgan fingerprint density at radius 3 is 1.68 bits per heavy atom. The van der Waals surface area contributed by atoms with E-state index in [1.165, 1.54) is 0 Å². The average Bonchev–Trinajstić information content (AvgIpc) is 2.93. The van der Waals surface area contributed by atoms with Gasteiger partial charge >= 0.3 is 0 Å². The summed E-state index contributed by atoms with van der Waals surface area (Å²) in [6, 6.07) is -0.684. The number of aliphatic hydroxyl groups excluding tert-OH is 5. The van der Waals surface area contributed by atoms with E-state index >= 15 is 0 Å². The first kappa shape index (κ1) is 30.6. The lowest BCUT2D eigenvalue weighted by Gasteiger charge is -2.48. The smallest absolute Gasteiger partial charge is 0.109 e. The lowest BCUT2D eigenvalue weighted by molar-refractivity contribution is -0.185. The standard InChI is InChI=1S/C28H52N2O8/c1-17-25(32)28(35)24(15-29(17)12-18-4-8-20(36-2)9-5-18)38-16-22-26(33)27(34)23(31)14-30(22)13-19-6-10-21(37-3)11-7-19/h17-28,31-35H,4-16H2,1-3H3/t17-,18?,19?,20?,21?,22-,23+,24+,25-,26-,27-,28-/m1/s1. The maximum atomic E-state index is 10.9. The van der Waals surface area contributed by atoms with Crippen molar-refractivity contribution < 1.29 is 39.7 Å². The Morgan fingerprint density at radius 2 is 1.16 bits per heavy atom. The summed E-state index contributed by atoms with van der Waals surface area (Å²) >= 11 is 0. The Kier molecular flexibility index (Phi) is 11.2. The fourth-order valence-electron chi connectivity index (χ4n) is 7.17. The van der Waals surface area contributed by atoms with E-state index < -0.39 is 42.7 Å². The van der Waals surface area contributed by atoms with Gasteiger partial charge in [0.05, 0.1) is 43.2 Å². The van der Waals surface area contributed by atoms with Gasteiger partial charge in [0.1, 0.15) is 18.3 Å². The summed E-state index contributed by atoms with van der Waals surface area (Å²) in [5.41, 5.74) is 0. The number of aliphatic hydroxyl groups is 5. The zero-order valence-corrected chi connectivity index (χ0v) is 23.5. The average molecular weight is 545 g/mol. The highest BCUT2D eigenvalue weighted by Gasteiger charge is 2.45. The number of rotatable bonds is 9. The van der Waals surface area contributed by atoms with Crippen LogP contribution < -0.4 is 0 Å². The Morgan fingerprint density at radius 1 is 0.632 bits per heavy atom. The monoisotopic (exact) mass is 544 g/mol. The van der Waals surface area contributed by atoms with Crippen LogP contribution >= 0.6 is 0 Å². The molecule has 2 heterocycles. The summed E-state index contributed by atoms with van der Waals surface area (Å²) in [6.45, 7) is 4.36. The molecule has 0 bridgehead atoms. The van der Waals surface area contributed by atoms with Crippen molar-refractivity contribution in [2.24, 2.45) is 11.8 Å². The summed E-state index contributed by atoms with van der Waals surface area (Å²) in [4.78, 5) is 4.27. The van der Waals surface area contributed by atoms with Gasteiger partial charge in [-0.2, -0.15) is 0 Å². The van der Waals surface area contributed by atoms with E-state index in [1.54, 1.807) is 14.2 Å². The highest BCUT2D eigenvalue weighted by Crippen LogP contribution is 2.32. The first-order valence-electron chi connectivity index (χ1n) is 14.8. The van der Waals surface area contributed by atoms with Crippen LogP contribution in [0.4, 0.5) is 0 Å². The quantitative estimate of drug-likeness (QED) is 0.269. The number of piperidine rings is 2. The van der Waals surface area contributed by atoms with Gasteiger partial charge in [-0.15, -0.1) is 0 Å². The van der Waals surface area contributed by atoms with E-state index in [0.717, 1.165) is 57.9 Å². The summed E-state index contributed by atoms with van der Waals surface area (Å²) < 4.78 is 17.2. The first-order chi connectivity index (χ1) is 18.2. The molecule has 2 saturated carbocycles. The summed E-state index contributed by atoms with van der Waals surface area (Å²) in [7, 11) is 3.52. The van der Waals surface area contributed by atoms with Gasteiger partial charge in [-0.1, -0.05) is 0 Å². The molecule has 10 nitrogen and oxygen atoms in total. The molecule has 222 valence electrons. The number of hydrogen-bond acceptors (Lipinski definition) is 10. The molecule has 0 spiro atoms. The van der Waals surface area contributed by atoms with E-state index in [-0.39, 0.29) is 19.2 Å². The lowest BCUT2D eigenvalue weighted by atomic mass is 9.85. The normalized spacial score (nSPS) is 45.8. The predicted octanol–water partition coefficient (Wildman–Crippen LogP) is -0.0252. The molecule has 0 aromatic carbocycles. The van der Waals surface area contributed by atoms with Crippen LogP contribution in [-0.4, -0.2) is 143 Å². The van der Waals surface area contributed by atoms with Gasteiger partial charge in [0.2, 0.25) is 0 Å². The zero-order valence-electron chi connectivity index (χ0n) is 23.5. The summed E-state index contributed by atoms with van der Waals surface area (Å²) in [5.74, 6) is 0.942. The van der Waals surface area contributed by atoms with Crippen LogP contribution in [0.5, 0.6) is 0 Å². The Labute approximate surface area is 227 Å². The molecule has 0 aromatic rings. The number of hydrogen-bond donors (Lipinski definition) is 5. The molecule has 0 unspecified atom stereocenters. The maximum Gasteiger partial charge on any atom is 0.109 e.